The van der Waals surface area contributed by atoms with E-state index in [9.17, 15) is 0 Å². The van der Waals surface area contributed by atoms with Crippen LogP contribution in [-0.2, 0) is 0 Å². The quantitative estimate of drug-likeness (QED) is 0.746. The summed E-state index contributed by atoms with van der Waals surface area (Å²) < 4.78 is 0. The second kappa shape index (κ2) is 8.10. The van der Waals surface area contributed by atoms with E-state index >= 15 is 0 Å². The zero-order chi connectivity index (χ0) is 12.6. The first kappa shape index (κ1) is 15.0. The summed E-state index contributed by atoms with van der Waals surface area (Å²) >= 11 is 0. The lowest BCUT2D eigenvalue weighted by atomic mass is 9.83. The minimum absolute atomic E-state index is 0.253. The highest BCUT2D eigenvalue weighted by molar-refractivity contribution is 4.90. The molecule has 2 heteroatoms. The fourth-order valence-corrected chi connectivity index (χ4v) is 2.97. The average molecular weight is 240 g/mol. The highest BCUT2D eigenvalue weighted by atomic mass is 15.0. The molecule has 0 atom stereocenters. The summed E-state index contributed by atoms with van der Waals surface area (Å²) in [4.78, 5) is 0. The summed E-state index contributed by atoms with van der Waals surface area (Å²) in [6, 6.07) is 0. The summed E-state index contributed by atoms with van der Waals surface area (Å²) in [5, 5.41) is 3.83. The molecular formula is C15H32N2. The van der Waals surface area contributed by atoms with Gasteiger partial charge in [0.25, 0.3) is 0 Å². The molecule has 2 nitrogen and oxygen atoms in total. The molecule has 0 aromatic rings. The SMILES string of the molecule is CCC(CC)CNC1(CN)CCCCCCC1. The summed E-state index contributed by atoms with van der Waals surface area (Å²) in [5.74, 6) is 0.823. The Labute approximate surface area is 108 Å². The molecule has 17 heavy (non-hydrogen) atoms. The molecule has 0 bridgehead atoms. The molecule has 0 amide bonds. The van der Waals surface area contributed by atoms with Crippen LogP contribution in [0.3, 0.4) is 0 Å². The van der Waals surface area contributed by atoms with Crippen molar-refractivity contribution in [3.8, 4) is 0 Å². The van der Waals surface area contributed by atoms with Crippen molar-refractivity contribution in [1.82, 2.24) is 5.32 Å². The first-order chi connectivity index (χ1) is 8.26. The first-order valence-electron chi connectivity index (χ1n) is 7.71. The maximum atomic E-state index is 6.07. The fraction of sp³-hybridized carbons (Fsp3) is 1.00. The van der Waals surface area contributed by atoms with Crippen LogP contribution in [0.1, 0.15) is 71.6 Å². The van der Waals surface area contributed by atoms with E-state index in [1.165, 1.54) is 57.8 Å². The van der Waals surface area contributed by atoms with Crippen LogP contribution in [0.15, 0.2) is 0 Å². The fourth-order valence-electron chi connectivity index (χ4n) is 2.97. The minimum Gasteiger partial charge on any atom is -0.329 e. The Morgan fingerprint density at radius 3 is 2.00 bits per heavy atom. The van der Waals surface area contributed by atoms with Gasteiger partial charge < -0.3 is 11.1 Å². The predicted molar refractivity (Wildman–Crippen MR) is 76.2 cm³/mol. The first-order valence-corrected chi connectivity index (χ1v) is 7.71. The van der Waals surface area contributed by atoms with Crippen LogP contribution in [-0.4, -0.2) is 18.6 Å². The van der Waals surface area contributed by atoms with Gasteiger partial charge in [0.05, 0.1) is 0 Å². The molecule has 1 aliphatic rings. The van der Waals surface area contributed by atoms with Crippen molar-refractivity contribution >= 4 is 0 Å². The van der Waals surface area contributed by atoms with Crippen LogP contribution in [0, 0.1) is 5.92 Å². The van der Waals surface area contributed by atoms with E-state index in [4.69, 9.17) is 5.73 Å². The van der Waals surface area contributed by atoms with Crippen molar-refractivity contribution in [3.63, 3.8) is 0 Å². The largest absolute Gasteiger partial charge is 0.329 e. The van der Waals surface area contributed by atoms with Crippen LogP contribution in [0.25, 0.3) is 0 Å². The Morgan fingerprint density at radius 1 is 1.00 bits per heavy atom. The molecule has 0 radical (unpaired) electrons. The van der Waals surface area contributed by atoms with Gasteiger partial charge in [-0.2, -0.15) is 0 Å². The van der Waals surface area contributed by atoms with Gasteiger partial charge in [-0.1, -0.05) is 58.8 Å². The average Bonchev–Trinajstić information content (AvgIpc) is 2.33. The van der Waals surface area contributed by atoms with Gasteiger partial charge in [0, 0.05) is 12.1 Å². The van der Waals surface area contributed by atoms with Crippen LogP contribution >= 0.6 is 0 Å². The van der Waals surface area contributed by atoms with Gasteiger partial charge in [-0.3, -0.25) is 0 Å². The molecule has 1 aliphatic carbocycles. The molecule has 0 aliphatic heterocycles. The van der Waals surface area contributed by atoms with Crippen LogP contribution in [0.5, 0.6) is 0 Å². The van der Waals surface area contributed by atoms with E-state index < -0.39 is 0 Å². The van der Waals surface area contributed by atoms with Crippen LogP contribution in [0.4, 0.5) is 0 Å². The second-order valence-electron chi connectivity index (χ2n) is 5.82. The van der Waals surface area contributed by atoms with Crippen LogP contribution in [0.2, 0.25) is 0 Å². The van der Waals surface area contributed by atoms with Gasteiger partial charge in [0.2, 0.25) is 0 Å². The van der Waals surface area contributed by atoms with Gasteiger partial charge in [-0.25, -0.2) is 0 Å². The summed E-state index contributed by atoms with van der Waals surface area (Å²) in [6.45, 7) is 6.56. The zero-order valence-corrected chi connectivity index (χ0v) is 11.9. The zero-order valence-electron chi connectivity index (χ0n) is 11.9. The molecular weight excluding hydrogens is 208 g/mol. The van der Waals surface area contributed by atoms with Crippen molar-refractivity contribution in [2.75, 3.05) is 13.1 Å². The Bertz CT molecular complexity index is 179. The molecule has 0 unspecified atom stereocenters. The monoisotopic (exact) mass is 240 g/mol. The van der Waals surface area contributed by atoms with E-state index in [1.807, 2.05) is 0 Å². The molecule has 0 aromatic heterocycles. The maximum Gasteiger partial charge on any atom is 0.0304 e. The lowest BCUT2D eigenvalue weighted by Gasteiger charge is -2.37. The van der Waals surface area contributed by atoms with Crippen molar-refractivity contribution in [2.45, 2.75) is 77.2 Å². The minimum atomic E-state index is 0.253. The molecule has 0 aromatic carbocycles. The van der Waals surface area contributed by atoms with Gasteiger partial charge in [0.1, 0.15) is 0 Å². The predicted octanol–water partition coefficient (Wildman–Crippen LogP) is 3.45. The number of nitrogens with one attached hydrogen (secondary N) is 1. The Morgan fingerprint density at radius 2 is 1.53 bits per heavy atom. The third-order valence-corrected chi connectivity index (χ3v) is 4.62. The second-order valence-corrected chi connectivity index (χ2v) is 5.82. The van der Waals surface area contributed by atoms with Gasteiger partial charge in [-0.05, 0) is 25.3 Å². The number of hydrogen-bond acceptors (Lipinski definition) is 2. The third-order valence-electron chi connectivity index (χ3n) is 4.62. The van der Waals surface area contributed by atoms with E-state index in [2.05, 4.69) is 19.2 Å². The molecule has 102 valence electrons. The van der Waals surface area contributed by atoms with E-state index in [0.29, 0.717) is 0 Å². The van der Waals surface area contributed by atoms with Gasteiger partial charge in [0.15, 0.2) is 0 Å². The van der Waals surface area contributed by atoms with Crippen molar-refractivity contribution in [1.29, 1.82) is 0 Å². The molecule has 0 spiro atoms. The van der Waals surface area contributed by atoms with Gasteiger partial charge in [-0.15, -0.1) is 0 Å². The summed E-state index contributed by atoms with van der Waals surface area (Å²) in [5.41, 5.74) is 6.32. The van der Waals surface area contributed by atoms with E-state index in [1.54, 1.807) is 0 Å². The Balaban J connectivity index is 2.46. The van der Waals surface area contributed by atoms with Crippen molar-refractivity contribution in [3.05, 3.63) is 0 Å². The third kappa shape index (κ3) is 4.97. The van der Waals surface area contributed by atoms with Crippen molar-refractivity contribution < 1.29 is 0 Å². The van der Waals surface area contributed by atoms with E-state index in [-0.39, 0.29) is 5.54 Å². The highest BCUT2D eigenvalue weighted by Gasteiger charge is 2.28. The molecule has 1 saturated carbocycles. The smallest absolute Gasteiger partial charge is 0.0304 e. The standard InChI is InChI=1S/C15H32N2/c1-3-14(4-2)12-17-15(13-16)10-8-6-5-7-9-11-15/h14,17H,3-13,16H2,1-2H3. The molecule has 0 saturated heterocycles. The number of nitrogens with two attached hydrogens (primary N) is 1. The van der Waals surface area contributed by atoms with Crippen molar-refractivity contribution in [2.24, 2.45) is 11.7 Å². The molecule has 1 fully saturated rings. The lowest BCUT2D eigenvalue weighted by molar-refractivity contribution is 0.239. The van der Waals surface area contributed by atoms with Crippen LogP contribution < -0.4 is 11.1 Å². The maximum absolute atomic E-state index is 6.07. The normalized spacial score (nSPS) is 21.2. The molecule has 1 rings (SSSR count). The highest BCUT2D eigenvalue weighted by Crippen LogP contribution is 2.26. The molecule has 3 N–H and O–H groups in total. The summed E-state index contributed by atoms with van der Waals surface area (Å²) in [7, 11) is 0. The molecule has 0 heterocycles. The van der Waals surface area contributed by atoms with E-state index in [0.717, 1.165) is 19.0 Å². The topological polar surface area (TPSA) is 38.0 Å². The lowest BCUT2D eigenvalue weighted by Crippen LogP contribution is -2.52. The number of hydrogen-bond donors (Lipinski definition) is 2. The Kier molecular flexibility index (Phi) is 7.14. The van der Waals surface area contributed by atoms with Gasteiger partial charge >= 0.3 is 0 Å². The Hall–Kier alpha value is -0.0800. The summed E-state index contributed by atoms with van der Waals surface area (Å²) in [6.07, 6.45) is 12.1. The number of rotatable bonds is 6.